The largest absolute Gasteiger partial charge is 0.495 e. The molecule has 2 aromatic carbocycles. The Kier molecular flexibility index (Phi) is 7.32. The number of nitrogens with zero attached hydrogens (tertiary/aromatic N) is 1. The van der Waals surface area contributed by atoms with E-state index in [4.69, 9.17) is 16.3 Å². The molecule has 164 valence electrons. The molecular weight excluding hydrogens is 420 g/mol. The highest BCUT2D eigenvalue weighted by Gasteiger charge is 2.41. The van der Waals surface area contributed by atoms with Crippen molar-refractivity contribution in [2.45, 2.75) is 62.8 Å². The molecule has 1 heterocycles. The molecule has 0 fully saturated rings. The zero-order valence-corrected chi connectivity index (χ0v) is 19.5. The van der Waals surface area contributed by atoms with Gasteiger partial charge in [0, 0.05) is 18.3 Å². The number of sulfonamides is 1. The van der Waals surface area contributed by atoms with Gasteiger partial charge in [-0.05, 0) is 31.0 Å². The number of anilines is 2. The molecule has 0 aromatic heterocycles. The van der Waals surface area contributed by atoms with Crippen molar-refractivity contribution in [1.82, 2.24) is 4.72 Å². The molecule has 30 heavy (non-hydrogen) atoms. The molecule has 1 aliphatic heterocycles. The van der Waals surface area contributed by atoms with Crippen LogP contribution < -0.4 is 14.4 Å². The Balaban J connectivity index is 2.23. The molecule has 7 heteroatoms. The Morgan fingerprint density at radius 2 is 1.73 bits per heavy atom. The number of nitrogens with one attached hydrogen (secondary N) is 1. The smallest absolute Gasteiger partial charge is 0.243 e. The van der Waals surface area contributed by atoms with Crippen LogP contribution in [0.4, 0.5) is 11.4 Å². The van der Waals surface area contributed by atoms with Gasteiger partial charge >= 0.3 is 0 Å². The highest BCUT2D eigenvalue weighted by atomic mass is 35.5. The van der Waals surface area contributed by atoms with Crippen LogP contribution in [0.2, 0.25) is 5.02 Å². The van der Waals surface area contributed by atoms with Crippen molar-refractivity contribution >= 4 is 33.0 Å². The Hall–Kier alpha value is -1.76. The average molecular weight is 451 g/mol. The molecule has 5 nitrogen and oxygen atoms in total. The lowest BCUT2D eigenvalue weighted by Crippen LogP contribution is -2.53. The Labute approximate surface area is 185 Å². The summed E-state index contributed by atoms with van der Waals surface area (Å²) in [5.74, 6) is 0.350. The number of hydrogen-bond donors (Lipinski definition) is 1. The number of para-hydroxylation sites is 1. The van der Waals surface area contributed by atoms with E-state index in [2.05, 4.69) is 23.5 Å². The van der Waals surface area contributed by atoms with Gasteiger partial charge in [-0.15, -0.1) is 0 Å². The Morgan fingerprint density at radius 3 is 2.30 bits per heavy atom. The molecule has 0 bridgehead atoms. The van der Waals surface area contributed by atoms with Crippen molar-refractivity contribution in [1.29, 1.82) is 0 Å². The SMILES string of the molecule is CCCCC1(CCCC)CN(c2ccccc2)c2cc(Cl)c(OC)cc2S(=O)(=O)N1. The van der Waals surface area contributed by atoms with E-state index in [1.54, 1.807) is 6.07 Å². The van der Waals surface area contributed by atoms with E-state index in [0.717, 1.165) is 44.2 Å². The first-order valence-electron chi connectivity index (χ1n) is 10.6. The normalized spacial score (nSPS) is 17.3. The van der Waals surface area contributed by atoms with Crippen molar-refractivity contribution in [2.75, 3.05) is 18.6 Å². The molecule has 0 saturated heterocycles. The molecule has 3 rings (SSSR count). The average Bonchev–Trinajstić information content (AvgIpc) is 2.83. The Morgan fingerprint density at radius 1 is 1.10 bits per heavy atom. The van der Waals surface area contributed by atoms with E-state index in [-0.39, 0.29) is 4.90 Å². The lowest BCUT2D eigenvalue weighted by molar-refractivity contribution is 0.320. The molecular formula is C23H31ClN2O3S. The fourth-order valence-electron chi connectivity index (χ4n) is 4.12. The maximum atomic E-state index is 13.6. The Bertz CT molecular complexity index is 956. The molecule has 0 atom stereocenters. The quantitative estimate of drug-likeness (QED) is 0.544. The highest BCUT2D eigenvalue weighted by molar-refractivity contribution is 7.89. The predicted octanol–water partition coefficient (Wildman–Crippen LogP) is 5.90. The van der Waals surface area contributed by atoms with Crippen molar-refractivity contribution in [2.24, 2.45) is 0 Å². The molecule has 0 saturated carbocycles. The van der Waals surface area contributed by atoms with E-state index in [1.807, 2.05) is 30.3 Å². The molecule has 2 aromatic rings. The van der Waals surface area contributed by atoms with Crippen LogP contribution in [0.3, 0.4) is 0 Å². The summed E-state index contributed by atoms with van der Waals surface area (Å²) in [6, 6.07) is 13.1. The van der Waals surface area contributed by atoms with Gasteiger partial charge in [-0.3, -0.25) is 0 Å². The summed E-state index contributed by atoms with van der Waals surface area (Å²) in [6.07, 6.45) is 5.49. The number of rotatable bonds is 8. The summed E-state index contributed by atoms with van der Waals surface area (Å²) in [7, 11) is -2.28. The fourth-order valence-corrected chi connectivity index (χ4v) is 6.01. The van der Waals surface area contributed by atoms with Crippen LogP contribution in [0.5, 0.6) is 5.75 Å². The van der Waals surface area contributed by atoms with Crippen LogP contribution >= 0.6 is 11.6 Å². The number of benzene rings is 2. The van der Waals surface area contributed by atoms with Gasteiger partial charge in [0.15, 0.2) is 0 Å². The minimum Gasteiger partial charge on any atom is -0.495 e. The van der Waals surface area contributed by atoms with Gasteiger partial charge in [0.25, 0.3) is 0 Å². The number of halogens is 1. The van der Waals surface area contributed by atoms with E-state index >= 15 is 0 Å². The van der Waals surface area contributed by atoms with Crippen LogP contribution in [0, 0.1) is 0 Å². The van der Waals surface area contributed by atoms with Crippen LogP contribution in [0.15, 0.2) is 47.4 Å². The van der Waals surface area contributed by atoms with Crippen LogP contribution in [-0.4, -0.2) is 27.6 Å². The maximum Gasteiger partial charge on any atom is 0.243 e. The second kappa shape index (κ2) is 9.58. The van der Waals surface area contributed by atoms with Crippen LogP contribution in [0.25, 0.3) is 0 Å². The molecule has 0 radical (unpaired) electrons. The van der Waals surface area contributed by atoms with E-state index < -0.39 is 15.6 Å². The van der Waals surface area contributed by atoms with Gasteiger partial charge in [-0.25, -0.2) is 13.1 Å². The van der Waals surface area contributed by atoms with Gasteiger partial charge in [0.1, 0.15) is 10.6 Å². The third kappa shape index (κ3) is 4.76. The van der Waals surface area contributed by atoms with E-state index in [1.165, 1.54) is 13.2 Å². The second-order valence-corrected chi connectivity index (χ2v) is 10.0. The first-order chi connectivity index (χ1) is 14.4. The number of fused-ring (bicyclic) bond motifs is 1. The van der Waals surface area contributed by atoms with Crippen LogP contribution in [-0.2, 0) is 10.0 Å². The first-order valence-corrected chi connectivity index (χ1v) is 12.5. The molecule has 0 unspecified atom stereocenters. The second-order valence-electron chi connectivity index (χ2n) is 7.97. The monoisotopic (exact) mass is 450 g/mol. The zero-order chi connectivity index (χ0) is 21.8. The van der Waals surface area contributed by atoms with E-state index in [9.17, 15) is 8.42 Å². The number of methoxy groups -OCH3 is 1. The van der Waals surface area contributed by atoms with Gasteiger partial charge in [0.05, 0.1) is 23.4 Å². The van der Waals surface area contributed by atoms with Crippen molar-refractivity contribution < 1.29 is 13.2 Å². The summed E-state index contributed by atoms with van der Waals surface area (Å²) in [5.41, 5.74) is 0.963. The zero-order valence-electron chi connectivity index (χ0n) is 17.9. The molecule has 1 N–H and O–H groups in total. The van der Waals surface area contributed by atoms with Crippen molar-refractivity contribution in [3.05, 3.63) is 47.5 Å². The molecule has 0 aliphatic carbocycles. The summed E-state index contributed by atoms with van der Waals surface area (Å²) < 4.78 is 35.5. The van der Waals surface area contributed by atoms with Gasteiger partial charge < -0.3 is 9.64 Å². The van der Waals surface area contributed by atoms with Crippen molar-refractivity contribution in [3.63, 3.8) is 0 Å². The minimum atomic E-state index is -3.77. The lowest BCUT2D eigenvalue weighted by Gasteiger charge is -2.37. The molecule has 1 aliphatic rings. The van der Waals surface area contributed by atoms with Gasteiger partial charge in [0.2, 0.25) is 10.0 Å². The summed E-state index contributed by atoms with van der Waals surface area (Å²) >= 11 is 6.43. The maximum absolute atomic E-state index is 13.6. The van der Waals surface area contributed by atoms with Gasteiger partial charge in [-0.1, -0.05) is 69.3 Å². The topological polar surface area (TPSA) is 58.6 Å². The predicted molar refractivity (Wildman–Crippen MR) is 124 cm³/mol. The molecule has 0 amide bonds. The minimum absolute atomic E-state index is 0.197. The number of hydrogen-bond acceptors (Lipinski definition) is 4. The highest BCUT2D eigenvalue weighted by Crippen LogP contribution is 2.43. The summed E-state index contributed by atoms with van der Waals surface area (Å²) in [5, 5.41) is 0.391. The number of unbranched alkanes of at least 4 members (excludes halogenated alkanes) is 2. The first kappa shape index (κ1) is 22.9. The standard InChI is InChI=1S/C23H31ClN2O3S/c1-4-6-13-23(14-7-5-2)17-26(18-11-9-8-10-12-18)20-15-19(24)21(29-3)16-22(20)30(27,28)25-23/h8-12,15-16,25H,4-7,13-14,17H2,1-3H3. The summed E-state index contributed by atoms with van der Waals surface area (Å²) in [4.78, 5) is 2.28. The third-order valence-electron chi connectivity index (χ3n) is 5.71. The van der Waals surface area contributed by atoms with E-state index in [0.29, 0.717) is 23.0 Å². The van der Waals surface area contributed by atoms with Crippen molar-refractivity contribution in [3.8, 4) is 5.75 Å². The van der Waals surface area contributed by atoms with Gasteiger partial charge in [-0.2, -0.15) is 0 Å². The summed E-state index contributed by atoms with van der Waals surface area (Å²) in [6.45, 7) is 4.81. The molecule has 0 spiro atoms. The fraction of sp³-hybridized carbons (Fsp3) is 0.478. The number of ether oxygens (including phenoxy) is 1. The van der Waals surface area contributed by atoms with Crippen LogP contribution in [0.1, 0.15) is 52.4 Å². The lowest BCUT2D eigenvalue weighted by atomic mass is 9.87. The third-order valence-corrected chi connectivity index (χ3v) is 7.61.